The molecule has 192 valence electrons. The number of carbonyl (C=O) groups is 1. The van der Waals surface area contributed by atoms with E-state index in [4.69, 9.17) is 20.3 Å². The average Bonchev–Trinajstić information content (AvgIpc) is 3.34. The van der Waals surface area contributed by atoms with Crippen LogP contribution in [0.25, 0.3) is 16.9 Å². The van der Waals surface area contributed by atoms with Gasteiger partial charge in [-0.2, -0.15) is 5.10 Å². The van der Waals surface area contributed by atoms with E-state index in [9.17, 15) is 9.90 Å². The monoisotopic (exact) mass is 491 g/mol. The smallest absolute Gasteiger partial charge is 0.323 e. The van der Waals surface area contributed by atoms with Gasteiger partial charge in [0.2, 0.25) is 0 Å². The highest BCUT2D eigenvalue weighted by Crippen LogP contribution is 2.41. The molecule has 0 amide bonds. The third-order valence-corrected chi connectivity index (χ3v) is 7.13. The van der Waals surface area contributed by atoms with Crippen molar-refractivity contribution < 1.29 is 19.4 Å². The van der Waals surface area contributed by atoms with Crippen LogP contribution >= 0.6 is 0 Å². The number of benzene rings is 2. The number of nitrogens with two attached hydrogens (primary N) is 1. The summed E-state index contributed by atoms with van der Waals surface area (Å²) in [6.07, 6.45) is 2.79. The number of esters is 1. The predicted molar refractivity (Wildman–Crippen MR) is 140 cm³/mol. The second-order valence-corrected chi connectivity index (χ2v) is 10.3. The maximum atomic E-state index is 12.3. The number of methoxy groups -OCH3 is 1. The summed E-state index contributed by atoms with van der Waals surface area (Å²) in [7, 11) is 1.64. The van der Waals surface area contributed by atoms with Crippen molar-refractivity contribution in [2.75, 3.05) is 13.7 Å². The zero-order valence-corrected chi connectivity index (χ0v) is 21.6. The van der Waals surface area contributed by atoms with Crippen molar-refractivity contribution in [3.8, 4) is 22.7 Å². The van der Waals surface area contributed by atoms with Crippen molar-refractivity contribution in [3.63, 3.8) is 0 Å². The molecule has 0 bridgehead atoms. The van der Waals surface area contributed by atoms with Crippen LogP contribution < -0.4 is 10.5 Å². The molecule has 3 atom stereocenters. The Morgan fingerprint density at radius 3 is 2.53 bits per heavy atom. The van der Waals surface area contributed by atoms with Gasteiger partial charge in [0, 0.05) is 5.56 Å². The number of carbonyl (C=O) groups excluding carboxylic acids is 1. The Hall–Kier alpha value is -3.16. The van der Waals surface area contributed by atoms with E-state index in [-0.39, 0.29) is 24.4 Å². The Kier molecular flexibility index (Phi) is 7.81. The molecule has 3 N–H and O–H groups in total. The summed E-state index contributed by atoms with van der Waals surface area (Å²) < 4.78 is 12.7. The van der Waals surface area contributed by atoms with Gasteiger partial charge in [0.15, 0.2) is 0 Å². The van der Waals surface area contributed by atoms with Crippen molar-refractivity contribution in [2.45, 2.75) is 58.1 Å². The van der Waals surface area contributed by atoms with E-state index in [1.54, 1.807) is 7.11 Å². The molecule has 0 spiro atoms. The van der Waals surface area contributed by atoms with Gasteiger partial charge in [-0.25, -0.2) is 4.68 Å². The summed E-state index contributed by atoms with van der Waals surface area (Å²) in [6.45, 7) is 6.11. The Balaban J connectivity index is 1.62. The largest absolute Gasteiger partial charge is 0.497 e. The summed E-state index contributed by atoms with van der Waals surface area (Å²) in [5, 5.41) is 16.7. The summed E-state index contributed by atoms with van der Waals surface area (Å²) in [5.41, 5.74) is 9.43. The Bertz CT molecular complexity index is 1170. The maximum Gasteiger partial charge on any atom is 0.323 e. The summed E-state index contributed by atoms with van der Waals surface area (Å²) >= 11 is 0. The first-order valence-electron chi connectivity index (χ1n) is 12.7. The molecule has 1 aromatic heterocycles. The third kappa shape index (κ3) is 5.63. The fourth-order valence-corrected chi connectivity index (χ4v) is 4.77. The topological polar surface area (TPSA) is 99.6 Å². The lowest BCUT2D eigenvalue weighted by Gasteiger charge is -2.35. The number of hydrogen-bond acceptors (Lipinski definition) is 6. The van der Waals surface area contributed by atoms with Crippen LogP contribution in [0, 0.1) is 18.8 Å². The molecule has 0 aliphatic heterocycles. The lowest BCUT2D eigenvalue weighted by molar-refractivity contribution is -0.149. The molecule has 3 unspecified atom stereocenters. The molecule has 4 rings (SSSR count). The number of ether oxygens (including phenoxy) is 2. The molecule has 1 heterocycles. The highest BCUT2D eigenvalue weighted by molar-refractivity contribution is 5.75. The first-order valence-corrected chi connectivity index (χ1v) is 12.7. The Labute approximate surface area is 213 Å². The normalized spacial score (nSPS) is 20.8. The molecule has 7 heteroatoms. The molecule has 1 fully saturated rings. The van der Waals surface area contributed by atoms with Gasteiger partial charge in [-0.1, -0.05) is 43.7 Å². The first kappa shape index (κ1) is 25.9. The van der Waals surface area contributed by atoms with Gasteiger partial charge in [-0.3, -0.25) is 4.79 Å². The van der Waals surface area contributed by atoms with E-state index >= 15 is 0 Å². The van der Waals surface area contributed by atoms with E-state index in [2.05, 4.69) is 31.2 Å². The van der Waals surface area contributed by atoms with Crippen LogP contribution in [0.4, 0.5) is 0 Å². The number of rotatable bonds is 8. The van der Waals surface area contributed by atoms with Gasteiger partial charge in [0.05, 0.1) is 30.8 Å². The minimum atomic E-state index is -1.10. The van der Waals surface area contributed by atoms with Crippen LogP contribution in [0.3, 0.4) is 0 Å². The van der Waals surface area contributed by atoms with Crippen LogP contribution in [-0.4, -0.2) is 40.6 Å². The van der Waals surface area contributed by atoms with Crippen molar-refractivity contribution >= 4 is 5.97 Å². The third-order valence-electron chi connectivity index (χ3n) is 7.13. The zero-order chi connectivity index (χ0) is 25.9. The minimum Gasteiger partial charge on any atom is -0.497 e. The van der Waals surface area contributed by atoms with Gasteiger partial charge >= 0.3 is 5.97 Å². The van der Waals surface area contributed by atoms with Crippen molar-refractivity contribution in [1.29, 1.82) is 0 Å². The number of hydrogen-bond donors (Lipinski definition) is 2. The molecular weight excluding hydrogens is 454 g/mol. The number of nitrogens with zero attached hydrogens (tertiary/aromatic N) is 2. The molecular formula is C29H37N3O4. The lowest BCUT2D eigenvalue weighted by Crippen LogP contribution is -2.39. The number of aliphatic hydroxyl groups is 1. The second-order valence-electron chi connectivity index (χ2n) is 10.3. The van der Waals surface area contributed by atoms with Crippen LogP contribution in [0.2, 0.25) is 0 Å². The van der Waals surface area contributed by atoms with Crippen molar-refractivity contribution in [1.82, 2.24) is 9.78 Å². The number of aromatic nitrogens is 2. The van der Waals surface area contributed by atoms with Gasteiger partial charge in [0.25, 0.3) is 0 Å². The van der Waals surface area contributed by atoms with Gasteiger partial charge in [-0.05, 0) is 74.8 Å². The quantitative estimate of drug-likeness (QED) is 0.441. The fourth-order valence-electron chi connectivity index (χ4n) is 4.77. The zero-order valence-electron chi connectivity index (χ0n) is 21.6. The van der Waals surface area contributed by atoms with Crippen LogP contribution in [0.15, 0.2) is 54.6 Å². The molecule has 3 aromatic rings. The standard InChI is InChI=1S/C29H37N3O4/c1-19(2)27(30)28(33)36-18-21-6-5-15-29(34,17-21)26-16-25(22-9-7-20(3)8-10-22)32(31-26)23-11-13-24(35-4)14-12-23/h7-14,16,19,21,27,34H,5-6,15,17-18,30H2,1-4H3. The number of aryl methyl sites for hydroxylation is 1. The van der Waals surface area contributed by atoms with Crippen molar-refractivity contribution in [3.05, 3.63) is 65.9 Å². The van der Waals surface area contributed by atoms with E-state index in [1.165, 1.54) is 5.56 Å². The van der Waals surface area contributed by atoms with E-state index in [1.807, 2.05) is 48.9 Å². The van der Waals surface area contributed by atoms with E-state index in [0.29, 0.717) is 18.5 Å². The highest BCUT2D eigenvalue weighted by atomic mass is 16.5. The van der Waals surface area contributed by atoms with Gasteiger partial charge < -0.3 is 20.3 Å². The van der Waals surface area contributed by atoms with Gasteiger partial charge in [-0.15, -0.1) is 0 Å². The minimum absolute atomic E-state index is 0.0166. The molecule has 7 nitrogen and oxygen atoms in total. The van der Waals surface area contributed by atoms with Crippen molar-refractivity contribution in [2.24, 2.45) is 17.6 Å². The van der Waals surface area contributed by atoms with Crippen LogP contribution in [0.1, 0.15) is 50.8 Å². The first-order chi connectivity index (χ1) is 17.2. The van der Waals surface area contributed by atoms with Crippen LogP contribution in [-0.2, 0) is 15.1 Å². The summed E-state index contributed by atoms with van der Waals surface area (Å²) in [4.78, 5) is 12.3. The summed E-state index contributed by atoms with van der Waals surface area (Å²) in [6, 6.07) is 17.3. The Morgan fingerprint density at radius 2 is 1.89 bits per heavy atom. The molecule has 2 aromatic carbocycles. The molecule has 0 saturated heterocycles. The maximum absolute atomic E-state index is 12.3. The van der Waals surface area contributed by atoms with E-state index in [0.717, 1.165) is 35.5 Å². The molecule has 1 aliphatic rings. The molecule has 0 radical (unpaired) electrons. The lowest BCUT2D eigenvalue weighted by atomic mass is 9.76. The molecule has 1 saturated carbocycles. The molecule has 1 aliphatic carbocycles. The van der Waals surface area contributed by atoms with Gasteiger partial charge in [0.1, 0.15) is 17.4 Å². The summed E-state index contributed by atoms with van der Waals surface area (Å²) in [5.74, 6) is 0.442. The van der Waals surface area contributed by atoms with Crippen LogP contribution in [0.5, 0.6) is 5.75 Å². The Morgan fingerprint density at radius 1 is 1.19 bits per heavy atom. The van der Waals surface area contributed by atoms with E-state index < -0.39 is 11.6 Å². The average molecular weight is 492 g/mol. The second kappa shape index (κ2) is 10.8. The fraction of sp³-hybridized carbons (Fsp3) is 0.448. The SMILES string of the molecule is COc1ccc(-n2nc(C3(O)CCCC(COC(=O)C(N)C(C)C)C3)cc2-c2ccc(C)cc2)cc1. The molecule has 36 heavy (non-hydrogen) atoms. The predicted octanol–water partition coefficient (Wildman–Crippen LogP) is 4.76. The highest BCUT2D eigenvalue weighted by Gasteiger charge is 2.39.